The summed E-state index contributed by atoms with van der Waals surface area (Å²) >= 11 is 0. The first-order valence-electron chi connectivity index (χ1n) is 7.22. The summed E-state index contributed by atoms with van der Waals surface area (Å²) in [7, 11) is 0. The number of pyridine rings is 1. The normalized spacial score (nSPS) is 22.9. The monoisotopic (exact) mass is 289 g/mol. The van der Waals surface area contributed by atoms with E-state index >= 15 is 0 Å². The molecule has 0 aromatic carbocycles. The minimum Gasteiger partial charge on any atom is -0.465 e. The maximum Gasteiger partial charge on any atom is 0.407 e. The molecule has 2 amide bonds. The van der Waals surface area contributed by atoms with E-state index in [9.17, 15) is 9.59 Å². The average molecular weight is 289 g/mol. The van der Waals surface area contributed by atoms with Gasteiger partial charge in [-0.1, -0.05) is 0 Å². The molecule has 2 N–H and O–H groups in total. The van der Waals surface area contributed by atoms with Crippen molar-refractivity contribution in [1.82, 2.24) is 9.88 Å². The van der Waals surface area contributed by atoms with Crippen LogP contribution >= 0.6 is 0 Å². The standard InChI is InChI=1S/C15H19N3O3/c1-10-2-3-11(9-16-10)17-13(19)12-8-15(12)4-6-18(7-5-15)14(20)21/h2-3,9,12H,4-8H2,1H3,(H,17,19)(H,20,21)/t12-/m1/s1. The summed E-state index contributed by atoms with van der Waals surface area (Å²) in [6.07, 6.45) is 3.23. The molecular formula is C15H19N3O3. The van der Waals surface area contributed by atoms with Crippen LogP contribution < -0.4 is 5.32 Å². The van der Waals surface area contributed by atoms with Crippen LogP contribution in [0.2, 0.25) is 0 Å². The molecule has 1 aromatic rings. The number of aryl methyl sites for hydroxylation is 1. The van der Waals surface area contributed by atoms with Gasteiger partial charge in [-0.05, 0) is 43.7 Å². The molecule has 3 rings (SSSR count). The minimum absolute atomic E-state index is 0.00903. The molecule has 2 fully saturated rings. The Morgan fingerprint density at radius 2 is 2.10 bits per heavy atom. The van der Waals surface area contributed by atoms with Crippen LogP contribution in [0.3, 0.4) is 0 Å². The Hall–Kier alpha value is -2.11. The fourth-order valence-corrected chi connectivity index (χ4v) is 3.19. The van der Waals surface area contributed by atoms with Gasteiger partial charge in [0.15, 0.2) is 0 Å². The fourth-order valence-electron chi connectivity index (χ4n) is 3.19. The predicted molar refractivity (Wildman–Crippen MR) is 77.0 cm³/mol. The second kappa shape index (κ2) is 5.02. The van der Waals surface area contributed by atoms with Crippen molar-refractivity contribution in [2.24, 2.45) is 11.3 Å². The van der Waals surface area contributed by atoms with Crippen LogP contribution in [0, 0.1) is 18.3 Å². The van der Waals surface area contributed by atoms with Crippen LogP contribution in [0.4, 0.5) is 10.5 Å². The van der Waals surface area contributed by atoms with Crippen molar-refractivity contribution in [2.45, 2.75) is 26.2 Å². The Kier molecular flexibility index (Phi) is 3.31. The number of nitrogens with one attached hydrogen (secondary N) is 1. The molecule has 1 aromatic heterocycles. The van der Waals surface area contributed by atoms with Crippen molar-refractivity contribution in [3.63, 3.8) is 0 Å². The van der Waals surface area contributed by atoms with Gasteiger partial charge in [-0.3, -0.25) is 9.78 Å². The third-order valence-corrected chi connectivity index (χ3v) is 4.71. The Balaban J connectivity index is 1.56. The van der Waals surface area contributed by atoms with E-state index in [-0.39, 0.29) is 17.2 Å². The molecule has 6 heteroatoms. The van der Waals surface area contributed by atoms with Crippen molar-refractivity contribution in [3.8, 4) is 0 Å². The second-order valence-electron chi connectivity index (χ2n) is 6.07. The smallest absolute Gasteiger partial charge is 0.407 e. The van der Waals surface area contributed by atoms with Crippen LogP contribution in [0.1, 0.15) is 25.0 Å². The molecule has 0 unspecified atom stereocenters. The van der Waals surface area contributed by atoms with Crippen molar-refractivity contribution < 1.29 is 14.7 Å². The number of hydrogen-bond acceptors (Lipinski definition) is 3. The van der Waals surface area contributed by atoms with Gasteiger partial charge in [0.25, 0.3) is 0 Å². The van der Waals surface area contributed by atoms with E-state index in [0.29, 0.717) is 13.1 Å². The number of aromatic nitrogens is 1. The molecule has 0 radical (unpaired) electrons. The Labute approximate surface area is 123 Å². The SMILES string of the molecule is Cc1ccc(NC(=O)[C@H]2CC23CCN(C(=O)O)CC3)cn1. The van der Waals surface area contributed by atoms with Gasteiger partial charge in [0.1, 0.15) is 0 Å². The lowest BCUT2D eigenvalue weighted by Gasteiger charge is -2.30. The van der Waals surface area contributed by atoms with Crippen molar-refractivity contribution in [2.75, 3.05) is 18.4 Å². The van der Waals surface area contributed by atoms with Gasteiger partial charge < -0.3 is 15.3 Å². The number of rotatable bonds is 2. The number of amides is 2. The van der Waals surface area contributed by atoms with Crippen LogP contribution in [-0.2, 0) is 4.79 Å². The first-order valence-corrected chi connectivity index (χ1v) is 7.22. The largest absolute Gasteiger partial charge is 0.465 e. The molecule has 2 aliphatic rings. The highest BCUT2D eigenvalue weighted by Crippen LogP contribution is 2.59. The number of carbonyl (C=O) groups is 2. The Morgan fingerprint density at radius 1 is 1.38 bits per heavy atom. The summed E-state index contributed by atoms with van der Waals surface area (Å²) in [6, 6.07) is 3.71. The molecule has 1 atom stereocenters. The Bertz CT molecular complexity index is 562. The van der Waals surface area contributed by atoms with E-state index in [4.69, 9.17) is 5.11 Å². The van der Waals surface area contributed by atoms with Gasteiger partial charge in [-0.15, -0.1) is 0 Å². The predicted octanol–water partition coefficient (Wildman–Crippen LogP) is 2.11. The van der Waals surface area contributed by atoms with E-state index in [2.05, 4.69) is 10.3 Å². The quantitative estimate of drug-likeness (QED) is 0.873. The lowest BCUT2D eigenvalue weighted by Crippen LogP contribution is -2.39. The highest BCUT2D eigenvalue weighted by Gasteiger charge is 2.58. The molecule has 21 heavy (non-hydrogen) atoms. The van der Waals surface area contributed by atoms with Gasteiger partial charge in [0.05, 0.1) is 11.9 Å². The number of carbonyl (C=O) groups excluding carboxylic acids is 1. The molecule has 6 nitrogen and oxygen atoms in total. The highest BCUT2D eigenvalue weighted by molar-refractivity contribution is 5.95. The summed E-state index contributed by atoms with van der Waals surface area (Å²) in [4.78, 5) is 28.8. The van der Waals surface area contributed by atoms with Crippen LogP contribution in [0.15, 0.2) is 18.3 Å². The maximum atomic E-state index is 12.3. The highest BCUT2D eigenvalue weighted by atomic mass is 16.4. The number of nitrogens with zero attached hydrogens (tertiary/aromatic N) is 2. The van der Waals surface area contributed by atoms with E-state index in [1.54, 1.807) is 6.20 Å². The summed E-state index contributed by atoms with van der Waals surface area (Å²) in [5.74, 6) is 0.0409. The number of hydrogen-bond donors (Lipinski definition) is 2. The summed E-state index contributed by atoms with van der Waals surface area (Å²) < 4.78 is 0. The van der Waals surface area contributed by atoms with Crippen molar-refractivity contribution in [1.29, 1.82) is 0 Å². The second-order valence-corrected chi connectivity index (χ2v) is 6.07. The van der Waals surface area contributed by atoms with E-state index in [0.717, 1.165) is 30.6 Å². The zero-order chi connectivity index (χ0) is 15.0. The zero-order valence-electron chi connectivity index (χ0n) is 12.0. The average Bonchev–Trinajstić information content (AvgIpc) is 3.16. The van der Waals surface area contributed by atoms with Gasteiger partial charge in [-0.2, -0.15) is 0 Å². The number of carboxylic acid groups (broad SMARTS) is 1. The molecule has 112 valence electrons. The van der Waals surface area contributed by atoms with E-state index in [1.165, 1.54) is 4.90 Å². The van der Waals surface area contributed by atoms with Gasteiger partial charge in [0.2, 0.25) is 5.91 Å². The molecular weight excluding hydrogens is 270 g/mol. The lowest BCUT2D eigenvalue weighted by atomic mass is 9.91. The summed E-state index contributed by atoms with van der Waals surface area (Å²) in [5, 5.41) is 11.9. The Morgan fingerprint density at radius 3 is 2.67 bits per heavy atom. The molecule has 1 aliphatic heterocycles. The number of piperidine rings is 1. The third-order valence-electron chi connectivity index (χ3n) is 4.71. The summed E-state index contributed by atoms with van der Waals surface area (Å²) in [5.41, 5.74) is 1.65. The topological polar surface area (TPSA) is 82.5 Å². The van der Waals surface area contributed by atoms with Gasteiger partial charge >= 0.3 is 6.09 Å². The zero-order valence-corrected chi connectivity index (χ0v) is 12.0. The molecule has 0 bridgehead atoms. The van der Waals surface area contributed by atoms with Gasteiger partial charge in [-0.25, -0.2) is 4.79 Å². The van der Waals surface area contributed by atoms with Crippen LogP contribution in [0.5, 0.6) is 0 Å². The lowest BCUT2D eigenvalue weighted by molar-refractivity contribution is -0.118. The van der Waals surface area contributed by atoms with Gasteiger partial charge in [0, 0.05) is 24.7 Å². The molecule has 1 saturated carbocycles. The first-order chi connectivity index (χ1) is 10.00. The van der Waals surface area contributed by atoms with Crippen LogP contribution in [0.25, 0.3) is 0 Å². The number of likely N-dealkylation sites (tertiary alicyclic amines) is 1. The van der Waals surface area contributed by atoms with Crippen LogP contribution in [-0.4, -0.2) is 40.1 Å². The number of anilines is 1. The maximum absolute atomic E-state index is 12.3. The molecule has 1 spiro atoms. The molecule has 1 aliphatic carbocycles. The van der Waals surface area contributed by atoms with Crippen molar-refractivity contribution >= 4 is 17.7 Å². The summed E-state index contributed by atoms with van der Waals surface area (Å²) in [6.45, 7) is 2.97. The third kappa shape index (κ3) is 2.70. The van der Waals surface area contributed by atoms with E-state index in [1.807, 2.05) is 19.1 Å². The minimum atomic E-state index is -0.864. The van der Waals surface area contributed by atoms with Crippen molar-refractivity contribution in [3.05, 3.63) is 24.0 Å². The molecule has 1 saturated heterocycles. The fraction of sp³-hybridized carbons (Fsp3) is 0.533. The first kappa shape index (κ1) is 13.9. The molecule has 2 heterocycles. The van der Waals surface area contributed by atoms with E-state index < -0.39 is 6.09 Å².